The van der Waals surface area contributed by atoms with Gasteiger partial charge in [0.15, 0.2) is 17.7 Å². The number of aromatic nitrogens is 1. The van der Waals surface area contributed by atoms with Gasteiger partial charge in [0.05, 0.1) is 13.2 Å². The number of pyridine rings is 1. The molecule has 2 unspecified atom stereocenters. The molecule has 1 aromatic rings. The lowest BCUT2D eigenvalue weighted by molar-refractivity contribution is -0.124. The summed E-state index contributed by atoms with van der Waals surface area (Å²) >= 11 is 3.34. The van der Waals surface area contributed by atoms with Crippen LogP contribution in [0.4, 0.5) is 5.82 Å². The topological polar surface area (TPSA) is 72.5 Å². The molecule has 1 amide bonds. The highest BCUT2D eigenvalue weighted by Crippen LogP contribution is 2.31. The second-order valence-electron chi connectivity index (χ2n) is 4.56. The van der Waals surface area contributed by atoms with E-state index in [4.69, 9.17) is 9.47 Å². The summed E-state index contributed by atoms with van der Waals surface area (Å²) < 4.78 is 11.9. The molecule has 0 aliphatic carbocycles. The molecular formula is C12H14BrN3O3. The summed E-state index contributed by atoms with van der Waals surface area (Å²) in [5, 5.41) is 6.07. The Balaban J connectivity index is 1.71. The van der Waals surface area contributed by atoms with Gasteiger partial charge in [-0.1, -0.05) is 0 Å². The Morgan fingerprint density at radius 1 is 1.53 bits per heavy atom. The summed E-state index contributed by atoms with van der Waals surface area (Å²) in [5.41, 5.74) is 0. The normalized spacial score (nSPS) is 26.3. The van der Waals surface area contributed by atoms with E-state index >= 15 is 0 Å². The summed E-state index contributed by atoms with van der Waals surface area (Å²) in [7, 11) is 0. The Labute approximate surface area is 119 Å². The molecule has 0 saturated carbocycles. The fourth-order valence-electron chi connectivity index (χ4n) is 2.19. The zero-order chi connectivity index (χ0) is 13.2. The van der Waals surface area contributed by atoms with Gasteiger partial charge in [-0.2, -0.15) is 0 Å². The number of ether oxygens (including phenoxy) is 2. The van der Waals surface area contributed by atoms with E-state index in [1.54, 1.807) is 12.3 Å². The molecule has 2 N–H and O–H groups in total. The maximum absolute atomic E-state index is 12.0. The maximum atomic E-state index is 12.0. The zero-order valence-electron chi connectivity index (χ0n) is 10.2. The first-order chi connectivity index (χ1) is 9.22. The molecule has 0 radical (unpaired) electrons. The van der Waals surface area contributed by atoms with Crippen LogP contribution in [0.5, 0.6) is 5.75 Å². The zero-order valence-corrected chi connectivity index (χ0v) is 11.8. The van der Waals surface area contributed by atoms with Crippen LogP contribution in [0.15, 0.2) is 16.7 Å². The monoisotopic (exact) mass is 327 g/mol. The molecule has 0 bridgehead atoms. The van der Waals surface area contributed by atoms with Crippen molar-refractivity contribution >= 4 is 27.7 Å². The minimum Gasteiger partial charge on any atom is -0.477 e. The van der Waals surface area contributed by atoms with Crippen molar-refractivity contribution in [3.63, 3.8) is 0 Å². The predicted molar refractivity (Wildman–Crippen MR) is 72.2 cm³/mol. The number of rotatable bonds is 2. The smallest absolute Gasteiger partial charge is 0.266 e. The fraction of sp³-hybridized carbons (Fsp3) is 0.500. The Hall–Kier alpha value is -1.18. The van der Waals surface area contributed by atoms with Gasteiger partial charge >= 0.3 is 0 Å². The van der Waals surface area contributed by atoms with E-state index in [9.17, 15) is 4.79 Å². The average molecular weight is 328 g/mol. The molecule has 2 atom stereocenters. The number of fused-ring (bicyclic) bond motifs is 1. The third-order valence-electron chi connectivity index (χ3n) is 3.12. The number of amides is 1. The number of anilines is 1. The van der Waals surface area contributed by atoms with Crippen LogP contribution in [-0.2, 0) is 9.53 Å². The van der Waals surface area contributed by atoms with E-state index < -0.39 is 6.10 Å². The molecule has 7 heteroatoms. The molecule has 3 rings (SSSR count). The van der Waals surface area contributed by atoms with Crippen LogP contribution in [-0.4, -0.2) is 42.8 Å². The van der Waals surface area contributed by atoms with Crippen LogP contribution in [0.25, 0.3) is 0 Å². The van der Waals surface area contributed by atoms with Crippen LogP contribution in [0.1, 0.15) is 6.42 Å². The van der Waals surface area contributed by atoms with E-state index in [0.29, 0.717) is 31.2 Å². The maximum Gasteiger partial charge on any atom is 0.266 e. The first-order valence-electron chi connectivity index (χ1n) is 6.16. The molecule has 6 nitrogen and oxygen atoms in total. The molecule has 1 fully saturated rings. The van der Waals surface area contributed by atoms with Crippen molar-refractivity contribution in [3.05, 3.63) is 16.7 Å². The van der Waals surface area contributed by atoms with Crippen molar-refractivity contribution in [1.29, 1.82) is 0 Å². The van der Waals surface area contributed by atoms with Crippen molar-refractivity contribution in [2.75, 3.05) is 25.1 Å². The summed E-state index contributed by atoms with van der Waals surface area (Å²) in [5.74, 6) is 0.905. The first-order valence-corrected chi connectivity index (χ1v) is 6.96. The number of halogens is 1. The number of carbonyl (C=O) groups is 1. The van der Waals surface area contributed by atoms with Gasteiger partial charge in [0.25, 0.3) is 5.91 Å². The van der Waals surface area contributed by atoms with E-state index in [1.807, 2.05) is 0 Å². The molecule has 2 aliphatic heterocycles. The highest BCUT2D eigenvalue weighted by Gasteiger charge is 2.31. The van der Waals surface area contributed by atoms with Gasteiger partial charge in [-0.05, 0) is 22.0 Å². The minimum atomic E-state index is -0.511. The Morgan fingerprint density at radius 2 is 2.42 bits per heavy atom. The summed E-state index contributed by atoms with van der Waals surface area (Å²) in [6.07, 6.45) is 1.69. The van der Waals surface area contributed by atoms with Gasteiger partial charge in [-0.25, -0.2) is 4.98 Å². The Kier molecular flexibility index (Phi) is 3.67. The largest absolute Gasteiger partial charge is 0.477 e. The number of nitrogens with zero attached hydrogens (tertiary/aromatic N) is 1. The highest BCUT2D eigenvalue weighted by atomic mass is 79.9. The van der Waals surface area contributed by atoms with Crippen molar-refractivity contribution < 1.29 is 14.3 Å². The van der Waals surface area contributed by atoms with Gasteiger partial charge in [-0.15, -0.1) is 0 Å². The molecule has 0 spiro atoms. The summed E-state index contributed by atoms with van der Waals surface area (Å²) in [6.45, 7) is 2.13. The van der Waals surface area contributed by atoms with Crippen LogP contribution in [0, 0.1) is 0 Å². The predicted octanol–water partition coefficient (Wildman–Crippen LogP) is 0.922. The standard InChI is InChI=1S/C12H14BrN3O3/c13-7-3-9-11(15-5-7)16-12(17)10(19-9)4-8-6-18-2-1-14-8/h3,5,8,10,14H,1-2,4,6H2,(H,15,16,17). The molecule has 3 heterocycles. The molecule has 1 aromatic heterocycles. The van der Waals surface area contributed by atoms with Crippen molar-refractivity contribution in [1.82, 2.24) is 10.3 Å². The molecule has 0 aromatic carbocycles. The van der Waals surface area contributed by atoms with Gasteiger partial charge in [-0.3, -0.25) is 4.79 Å². The molecular weight excluding hydrogens is 314 g/mol. The van der Waals surface area contributed by atoms with E-state index in [1.165, 1.54) is 0 Å². The third kappa shape index (κ3) is 2.88. The van der Waals surface area contributed by atoms with E-state index in [0.717, 1.165) is 11.0 Å². The van der Waals surface area contributed by atoms with Crippen LogP contribution in [0.2, 0.25) is 0 Å². The minimum absolute atomic E-state index is 0.145. The molecule has 2 aliphatic rings. The van der Waals surface area contributed by atoms with Crippen molar-refractivity contribution in [2.45, 2.75) is 18.6 Å². The lowest BCUT2D eigenvalue weighted by Crippen LogP contribution is -2.47. The second-order valence-corrected chi connectivity index (χ2v) is 5.47. The fourth-order valence-corrected chi connectivity index (χ4v) is 2.50. The van der Waals surface area contributed by atoms with Crippen LogP contribution < -0.4 is 15.4 Å². The highest BCUT2D eigenvalue weighted by molar-refractivity contribution is 9.10. The lowest BCUT2D eigenvalue weighted by atomic mass is 10.1. The third-order valence-corrected chi connectivity index (χ3v) is 3.55. The first kappa shape index (κ1) is 12.8. The molecule has 102 valence electrons. The molecule has 19 heavy (non-hydrogen) atoms. The SMILES string of the molecule is O=C1Nc2ncc(Br)cc2OC1CC1COCCN1. The number of hydrogen-bond donors (Lipinski definition) is 2. The van der Waals surface area contributed by atoms with Gasteiger partial charge in [0, 0.05) is 29.7 Å². The van der Waals surface area contributed by atoms with E-state index in [2.05, 4.69) is 31.5 Å². The van der Waals surface area contributed by atoms with Crippen LogP contribution in [0.3, 0.4) is 0 Å². The summed E-state index contributed by atoms with van der Waals surface area (Å²) in [4.78, 5) is 16.1. The second kappa shape index (κ2) is 5.44. The summed E-state index contributed by atoms with van der Waals surface area (Å²) in [6, 6.07) is 1.95. The molecule has 1 saturated heterocycles. The quantitative estimate of drug-likeness (QED) is 0.845. The van der Waals surface area contributed by atoms with Crippen LogP contribution >= 0.6 is 15.9 Å². The van der Waals surface area contributed by atoms with Gasteiger partial charge in [0.1, 0.15) is 0 Å². The Morgan fingerprint density at radius 3 is 3.21 bits per heavy atom. The van der Waals surface area contributed by atoms with Crippen molar-refractivity contribution in [2.24, 2.45) is 0 Å². The lowest BCUT2D eigenvalue weighted by Gasteiger charge is -2.30. The average Bonchev–Trinajstić information content (AvgIpc) is 2.41. The van der Waals surface area contributed by atoms with Gasteiger partial charge < -0.3 is 20.1 Å². The number of nitrogens with one attached hydrogen (secondary N) is 2. The number of hydrogen-bond acceptors (Lipinski definition) is 5. The Bertz CT molecular complexity index is 491. The number of morpholine rings is 1. The van der Waals surface area contributed by atoms with Crippen molar-refractivity contribution in [3.8, 4) is 5.75 Å². The number of carbonyl (C=O) groups excluding carboxylic acids is 1. The van der Waals surface area contributed by atoms with E-state index in [-0.39, 0.29) is 11.9 Å². The van der Waals surface area contributed by atoms with Gasteiger partial charge in [0.2, 0.25) is 0 Å².